The van der Waals surface area contributed by atoms with Crippen molar-refractivity contribution in [3.8, 4) is 11.3 Å². The zero-order valence-electron chi connectivity index (χ0n) is 13.4. The standard InChI is InChI=1S/C17H12F2N2O3S2/c1-26(23,24)12-5-2-10(3-6-12)15-9-25-17(20-15)21-16(22)13-7-4-11(18)8-14(13)19/h2-9H,1H3,(H,20,21,22). The van der Waals surface area contributed by atoms with E-state index in [2.05, 4.69) is 10.3 Å². The van der Waals surface area contributed by atoms with Gasteiger partial charge in [0.2, 0.25) is 0 Å². The van der Waals surface area contributed by atoms with E-state index >= 15 is 0 Å². The molecule has 0 bridgehead atoms. The Balaban J connectivity index is 1.78. The number of carbonyl (C=O) groups is 1. The van der Waals surface area contributed by atoms with E-state index in [9.17, 15) is 22.0 Å². The van der Waals surface area contributed by atoms with Crippen LogP contribution >= 0.6 is 11.3 Å². The van der Waals surface area contributed by atoms with Gasteiger partial charge in [-0.05, 0) is 24.3 Å². The Hall–Kier alpha value is -2.65. The molecule has 3 rings (SSSR count). The van der Waals surface area contributed by atoms with Crippen LogP contribution in [0.3, 0.4) is 0 Å². The Morgan fingerprint density at radius 3 is 2.42 bits per heavy atom. The number of nitrogens with zero attached hydrogens (tertiary/aromatic N) is 1. The molecular formula is C17H12F2N2O3S2. The molecular weight excluding hydrogens is 382 g/mol. The monoisotopic (exact) mass is 394 g/mol. The van der Waals surface area contributed by atoms with Gasteiger partial charge in [0.05, 0.1) is 16.2 Å². The Kier molecular flexibility index (Phi) is 4.84. The number of carbonyl (C=O) groups excluding carboxylic acids is 1. The first-order valence-corrected chi connectivity index (χ1v) is 10.0. The lowest BCUT2D eigenvalue weighted by molar-refractivity contribution is 0.102. The molecule has 134 valence electrons. The Morgan fingerprint density at radius 1 is 1.12 bits per heavy atom. The molecule has 0 aliphatic heterocycles. The maximum absolute atomic E-state index is 13.6. The third kappa shape index (κ3) is 3.94. The lowest BCUT2D eigenvalue weighted by Gasteiger charge is -2.03. The van der Waals surface area contributed by atoms with Crippen LogP contribution in [0.5, 0.6) is 0 Å². The van der Waals surface area contributed by atoms with E-state index in [4.69, 9.17) is 0 Å². The summed E-state index contributed by atoms with van der Waals surface area (Å²) >= 11 is 1.13. The smallest absolute Gasteiger partial charge is 0.260 e. The number of benzene rings is 2. The molecule has 1 N–H and O–H groups in total. The molecule has 0 aliphatic rings. The molecule has 1 heterocycles. The molecule has 26 heavy (non-hydrogen) atoms. The third-order valence-electron chi connectivity index (χ3n) is 3.48. The second-order valence-corrected chi connectivity index (χ2v) is 8.29. The van der Waals surface area contributed by atoms with Crippen molar-refractivity contribution in [2.45, 2.75) is 4.90 Å². The highest BCUT2D eigenvalue weighted by Gasteiger charge is 2.15. The molecule has 0 spiro atoms. The van der Waals surface area contributed by atoms with Gasteiger partial charge >= 0.3 is 0 Å². The predicted molar refractivity (Wildman–Crippen MR) is 95.0 cm³/mol. The molecule has 9 heteroatoms. The van der Waals surface area contributed by atoms with Crippen LogP contribution in [0.15, 0.2) is 52.7 Å². The molecule has 1 aromatic heterocycles. The zero-order valence-corrected chi connectivity index (χ0v) is 15.0. The number of sulfone groups is 1. The van der Waals surface area contributed by atoms with Gasteiger partial charge in [-0.1, -0.05) is 12.1 Å². The van der Waals surface area contributed by atoms with E-state index in [0.29, 0.717) is 17.3 Å². The van der Waals surface area contributed by atoms with Gasteiger partial charge in [0.25, 0.3) is 5.91 Å². The number of aromatic nitrogens is 1. The summed E-state index contributed by atoms with van der Waals surface area (Å²) in [4.78, 5) is 16.5. The fraction of sp³-hybridized carbons (Fsp3) is 0.0588. The van der Waals surface area contributed by atoms with E-state index in [1.165, 1.54) is 12.1 Å². The van der Waals surface area contributed by atoms with Crippen LogP contribution in [0.4, 0.5) is 13.9 Å². The summed E-state index contributed by atoms with van der Waals surface area (Å²) < 4.78 is 49.5. The highest BCUT2D eigenvalue weighted by Crippen LogP contribution is 2.26. The summed E-state index contributed by atoms with van der Waals surface area (Å²) in [7, 11) is -3.29. The molecule has 2 aromatic carbocycles. The van der Waals surface area contributed by atoms with Gasteiger partial charge < -0.3 is 0 Å². The van der Waals surface area contributed by atoms with Gasteiger partial charge in [-0.25, -0.2) is 22.2 Å². The minimum atomic E-state index is -3.29. The molecule has 0 radical (unpaired) electrons. The van der Waals surface area contributed by atoms with Crippen molar-refractivity contribution >= 4 is 32.2 Å². The SMILES string of the molecule is CS(=O)(=O)c1ccc(-c2csc(NC(=O)c3ccc(F)cc3F)n2)cc1. The van der Waals surface area contributed by atoms with E-state index < -0.39 is 27.4 Å². The average molecular weight is 394 g/mol. The zero-order chi connectivity index (χ0) is 18.9. The summed E-state index contributed by atoms with van der Waals surface area (Å²) in [6.07, 6.45) is 1.12. The van der Waals surface area contributed by atoms with E-state index in [0.717, 1.165) is 29.7 Å². The van der Waals surface area contributed by atoms with Crippen LogP contribution in [-0.4, -0.2) is 25.6 Å². The lowest BCUT2D eigenvalue weighted by Crippen LogP contribution is -2.13. The third-order valence-corrected chi connectivity index (χ3v) is 5.36. The number of anilines is 1. The van der Waals surface area contributed by atoms with Crippen molar-refractivity contribution in [2.24, 2.45) is 0 Å². The summed E-state index contributed by atoms with van der Waals surface area (Å²) in [6, 6.07) is 8.83. The van der Waals surface area contributed by atoms with Crippen LogP contribution in [-0.2, 0) is 9.84 Å². The van der Waals surface area contributed by atoms with Gasteiger partial charge in [-0.3, -0.25) is 10.1 Å². The maximum Gasteiger partial charge on any atom is 0.260 e. The fourth-order valence-corrected chi connectivity index (χ4v) is 3.52. The predicted octanol–water partition coefficient (Wildman–Crippen LogP) is 3.74. The first-order chi connectivity index (χ1) is 12.2. The number of amides is 1. The van der Waals surface area contributed by atoms with Crippen molar-refractivity contribution in [3.05, 3.63) is 65.0 Å². The largest absolute Gasteiger partial charge is 0.298 e. The quantitative estimate of drug-likeness (QED) is 0.731. The molecule has 1 amide bonds. The number of nitrogens with one attached hydrogen (secondary N) is 1. The van der Waals surface area contributed by atoms with Crippen molar-refractivity contribution < 1.29 is 22.0 Å². The summed E-state index contributed by atoms with van der Waals surface area (Å²) in [5.41, 5.74) is 0.910. The van der Waals surface area contributed by atoms with Gasteiger partial charge in [0.1, 0.15) is 11.6 Å². The van der Waals surface area contributed by atoms with Gasteiger partial charge in [0, 0.05) is 23.3 Å². The number of rotatable bonds is 4. The highest BCUT2D eigenvalue weighted by atomic mass is 32.2. The van der Waals surface area contributed by atoms with Crippen LogP contribution in [0.1, 0.15) is 10.4 Å². The Labute approximate surface area is 152 Å². The normalized spacial score (nSPS) is 11.3. The second kappa shape index (κ2) is 6.93. The van der Waals surface area contributed by atoms with Crippen LogP contribution in [0.2, 0.25) is 0 Å². The second-order valence-electron chi connectivity index (χ2n) is 5.41. The first-order valence-electron chi connectivity index (χ1n) is 7.26. The van der Waals surface area contributed by atoms with Crippen molar-refractivity contribution in [3.63, 3.8) is 0 Å². The fourth-order valence-electron chi connectivity index (χ4n) is 2.17. The number of thiazole rings is 1. The minimum Gasteiger partial charge on any atom is -0.298 e. The van der Waals surface area contributed by atoms with E-state index in [-0.39, 0.29) is 15.6 Å². The minimum absolute atomic E-state index is 0.191. The highest BCUT2D eigenvalue weighted by molar-refractivity contribution is 7.90. The topological polar surface area (TPSA) is 76.1 Å². The van der Waals surface area contributed by atoms with E-state index in [1.807, 2.05) is 0 Å². The van der Waals surface area contributed by atoms with Gasteiger partial charge in [-0.2, -0.15) is 0 Å². The first kappa shape index (κ1) is 18.2. The van der Waals surface area contributed by atoms with Crippen molar-refractivity contribution in [2.75, 3.05) is 11.6 Å². The molecule has 0 saturated heterocycles. The maximum atomic E-state index is 13.6. The molecule has 0 saturated carbocycles. The summed E-state index contributed by atoms with van der Waals surface area (Å²) in [5, 5.41) is 4.36. The van der Waals surface area contributed by atoms with Crippen LogP contribution in [0.25, 0.3) is 11.3 Å². The van der Waals surface area contributed by atoms with Crippen LogP contribution < -0.4 is 5.32 Å². The number of hydrogen-bond acceptors (Lipinski definition) is 5. The summed E-state index contributed by atoms with van der Waals surface area (Å²) in [6.45, 7) is 0. The molecule has 5 nitrogen and oxygen atoms in total. The van der Waals surface area contributed by atoms with Crippen molar-refractivity contribution in [1.82, 2.24) is 4.98 Å². The van der Waals surface area contributed by atoms with E-state index in [1.54, 1.807) is 17.5 Å². The molecule has 0 aliphatic carbocycles. The van der Waals surface area contributed by atoms with Gasteiger partial charge in [0.15, 0.2) is 15.0 Å². The Bertz CT molecular complexity index is 1080. The number of hydrogen-bond donors (Lipinski definition) is 1. The average Bonchev–Trinajstić information content (AvgIpc) is 3.02. The summed E-state index contributed by atoms with van der Waals surface area (Å²) in [5.74, 6) is -2.47. The van der Waals surface area contributed by atoms with Gasteiger partial charge in [-0.15, -0.1) is 11.3 Å². The number of halogens is 2. The van der Waals surface area contributed by atoms with Crippen LogP contribution in [0, 0.1) is 11.6 Å². The molecule has 0 atom stereocenters. The lowest BCUT2D eigenvalue weighted by atomic mass is 10.2. The van der Waals surface area contributed by atoms with Crippen molar-refractivity contribution in [1.29, 1.82) is 0 Å². The molecule has 0 unspecified atom stereocenters. The molecule has 0 fully saturated rings. The Morgan fingerprint density at radius 2 is 1.81 bits per heavy atom. The molecule has 3 aromatic rings.